The number of nitro benzene ring substituents is 1. The van der Waals surface area contributed by atoms with Crippen LogP contribution in [-0.4, -0.2) is 34.0 Å². The molecule has 0 saturated heterocycles. The van der Waals surface area contributed by atoms with Gasteiger partial charge in [-0.1, -0.05) is 30.3 Å². The van der Waals surface area contributed by atoms with E-state index in [0.717, 1.165) is 24.4 Å². The minimum Gasteiger partial charge on any atom is -0.507 e. The summed E-state index contributed by atoms with van der Waals surface area (Å²) in [5.74, 6) is -3.05. The van der Waals surface area contributed by atoms with E-state index in [1.165, 1.54) is 12.1 Å². The van der Waals surface area contributed by atoms with Crippen LogP contribution in [0.2, 0.25) is 0 Å². The molecule has 0 heterocycles. The Kier molecular flexibility index (Phi) is 7.06. The van der Waals surface area contributed by atoms with Gasteiger partial charge in [-0.2, -0.15) is 5.10 Å². The van der Waals surface area contributed by atoms with Crippen molar-refractivity contribution in [3.05, 3.63) is 94.0 Å². The number of phenolic OH excluding ortho intramolecular Hbond substituents is 1. The summed E-state index contributed by atoms with van der Waals surface area (Å²) in [6.45, 7) is 0. The van der Waals surface area contributed by atoms with E-state index in [-0.39, 0.29) is 28.3 Å². The number of nitro groups is 1. The Morgan fingerprint density at radius 1 is 0.909 bits per heavy atom. The van der Waals surface area contributed by atoms with Crippen molar-refractivity contribution >= 4 is 41.0 Å². The van der Waals surface area contributed by atoms with Crippen molar-refractivity contribution < 1.29 is 24.4 Å². The lowest BCUT2D eigenvalue weighted by Gasteiger charge is -2.11. The van der Waals surface area contributed by atoms with Crippen molar-refractivity contribution in [2.75, 3.05) is 10.6 Å². The van der Waals surface area contributed by atoms with Gasteiger partial charge in [0.15, 0.2) is 0 Å². The van der Waals surface area contributed by atoms with E-state index >= 15 is 0 Å². The third-order valence-electron chi connectivity index (χ3n) is 4.25. The van der Waals surface area contributed by atoms with Gasteiger partial charge < -0.3 is 15.7 Å². The molecule has 3 amide bonds. The number of amides is 3. The topological polar surface area (TPSA) is 163 Å². The Labute approximate surface area is 186 Å². The largest absolute Gasteiger partial charge is 0.507 e. The minimum absolute atomic E-state index is 0.0344. The number of hydrogen-bond acceptors (Lipinski definition) is 7. The Morgan fingerprint density at radius 2 is 1.61 bits per heavy atom. The molecule has 11 heteroatoms. The molecule has 0 unspecified atom stereocenters. The summed E-state index contributed by atoms with van der Waals surface area (Å²) in [6, 6.07) is 18.1. The zero-order valence-electron chi connectivity index (χ0n) is 16.9. The zero-order chi connectivity index (χ0) is 23.8. The number of benzene rings is 3. The van der Waals surface area contributed by atoms with Gasteiger partial charge in [-0.25, -0.2) is 5.43 Å². The van der Waals surface area contributed by atoms with Gasteiger partial charge in [0.2, 0.25) is 0 Å². The molecule has 0 aliphatic heterocycles. The Bertz CT molecular complexity index is 1240. The van der Waals surface area contributed by atoms with E-state index in [9.17, 15) is 29.6 Å². The van der Waals surface area contributed by atoms with Gasteiger partial charge in [-0.15, -0.1) is 0 Å². The molecule has 0 aromatic heterocycles. The molecule has 0 saturated carbocycles. The SMILES string of the molecule is O=C(NN=Cc1cc([N+](=O)[O-])ccc1O)C(=O)Nc1ccccc1C(=O)Nc1ccccc1. The molecule has 0 aliphatic rings. The smallest absolute Gasteiger partial charge is 0.329 e. The van der Waals surface area contributed by atoms with Crippen LogP contribution in [0.5, 0.6) is 5.75 Å². The molecule has 0 radical (unpaired) electrons. The number of hydrazone groups is 1. The third kappa shape index (κ3) is 5.98. The molecule has 3 rings (SSSR count). The van der Waals surface area contributed by atoms with Crippen molar-refractivity contribution in [2.45, 2.75) is 0 Å². The highest BCUT2D eigenvalue weighted by molar-refractivity contribution is 6.40. The van der Waals surface area contributed by atoms with Crippen LogP contribution in [0.15, 0.2) is 77.9 Å². The molecule has 0 spiro atoms. The summed E-state index contributed by atoms with van der Waals surface area (Å²) in [4.78, 5) is 47.0. The number of carbonyl (C=O) groups is 3. The summed E-state index contributed by atoms with van der Waals surface area (Å²) < 4.78 is 0. The summed E-state index contributed by atoms with van der Waals surface area (Å²) in [7, 11) is 0. The van der Waals surface area contributed by atoms with Gasteiger partial charge >= 0.3 is 11.8 Å². The molecule has 3 aromatic carbocycles. The normalized spacial score (nSPS) is 10.4. The van der Waals surface area contributed by atoms with Crippen molar-refractivity contribution in [2.24, 2.45) is 5.10 Å². The predicted octanol–water partition coefficient (Wildman–Crippen LogP) is 2.64. The Hall–Kier alpha value is -5.06. The summed E-state index contributed by atoms with van der Waals surface area (Å²) in [6.07, 6.45) is 0.953. The maximum absolute atomic E-state index is 12.6. The fourth-order valence-corrected chi connectivity index (χ4v) is 2.66. The molecular weight excluding hydrogens is 430 g/mol. The van der Waals surface area contributed by atoms with E-state index in [0.29, 0.717) is 5.69 Å². The Balaban J connectivity index is 1.65. The third-order valence-corrected chi connectivity index (χ3v) is 4.25. The van der Waals surface area contributed by atoms with Crippen molar-refractivity contribution in [3.63, 3.8) is 0 Å². The number of carbonyl (C=O) groups excluding carboxylic acids is 3. The van der Waals surface area contributed by atoms with Crippen molar-refractivity contribution in [3.8, 4) is 5.75 Å². The number of anilines is 2. The molecule has 0 bridgehead atoms. The molecule has 33 heavy (non-hydrogen) atoms. The maximum Gasteiger partial charge on any atom is 0.329 e. The minimum atomic E-state index is -1.16. The van der Waals surface area contributed by atoms with E-state index < -0.39 is 22.6 Å². The summed E-state index contributed by atoms with van der Waals surface area (Å²) in [5, 5.41) is 29.1. The first kappa shape index (κ1) is 22.6. The number of para-hydroxylation sites is 2. The van der Waals surface area contributed by atoms with Crippen LogP contribution in [0.1, 0.15) is 15.9 Å². The highest BCUT2D eigenvalue weighted by Crippen LogP contribution is 2.21. The van der Waals surface area contributed by atoms with Crippen LogP contribution >= 0.6 is 0 Å². The molecule has 166 valence electrons. The number of non-ortho nitro benzene ring substituents is 1. The van der Waals surface area contributed by atoms with Gasteiger partial charge in [0.1, 0.15) is 5.75 Å². The molecule has 11 nitrogen and oxygen atoms in total. The van der Waals surface area contributed by atoms with E-state index in [1.807, 2.05) is 5.43 Å². The zero-order valence-corrected chi connectivity index (χ0v) is 16.9. The van der Waals surface area contributed by atoms with E-state index in [2.05, 4.69) is 15.7 Å². The van der Waals surface area contributed by atoms with Gasteiger partial charge in [0.25, 0.3) is 11.6 Å². The molecule has 0 atom stereocenters. The monoisotopic (exact) mass is 447 g/mol. The average molecular weight is 447 g/mol. The standard InChI is InChI=1S/C22H17N5O6/c28-19-11-10-16(27(32)33)12-14(19)13-23-26-22(31)21(30)25-18-9-5-4-8-17(18)20(29)24-15-6-2-1-3-7-15/h1-13,28H,(H,24,29)(H,25,30)(H,26,31). The van der Waals surface area contributed by atoms with Crippen LogP contribution in [0.25, 0.3) is 0 Å². The molecule has 4 N–H and O–H groups in total. The van der Waals surface area contributed by atoms with Crippen LogP contribution < -0.4 is 16.1 Å². The van der Waals surface area contributed by atoms with Gasteiger partial charge in [0, 0.05) is 23.4 Å². The lowest BCUT2D eigenvalue weighted by Crippen LogP contribution is -2.33. The van der Waals surface area contributed by atoms with E-state index in [1.54, 1.807) is 42.5 Å². The highest BCUT2D eigenvalue weighted by Gasteiger charge is 2.18. The highest BCUT2D eigenvalue weighted by atomic mass is 16.6. The maximum atomic E-state index is 12.6. The fraction of sp³-hybridized carbons (Fsp3) is 0. The van der Waals surface area contributed by atoms with Crippen LogP contribution in [0, 0.1) is 10.1 Å². The number of rotatable bonds is 6. The molecule has 0 aliphatic carbocycles. The Morgan fingerprint density at radius 3 is 2.33 bits per heavy atom. The average Bonchev–Trinajstić information content (AvgIpc) is 2.81. The summed E-state index contributed by atoms with van der Waals surface area (Å²) >= 11 is 0. The van der Waals surface area contributed by atoms with Crippen LogP contribution in [-0.2, 0) is 9.59 Å². The lowest BCUT2D eigenvalue weighted by molar-refractivity contribution is -0.384. The second kappa shape index (κ2) is 10.3. The first-order chi connectivity index (χ1) is 15.8. The van der Waals surface area contributed by atoms with Crippen LogP contribution in [0.3, 0.4) is 0 Å². The molecule has 0 fully saturated rings. The number of nitrogens with one attached hydrogen (secondary N) is 3. The van der Waals surface area contributed by atoms with Crippen molar-refractivity contribution in [1.82, 2.24) is 5.43 Å². The molecular formula is C22H17N5O6. The van der Waals surface area contributed by atoms with Crippen LogP contribution in [0.4, 0.5) is 17.1 Å². The number of phenols is 1. The number of aromatic hydroxyl groups is 1. The second-order valence-electron chi connectivity index (χ2n) is 6.52. The quantitative estimate of drug-likeness (QED) is 0.196. The summed E-state index contributed by atoms with van der Waals surface area (Å²) in [5.41, 5.74) is 2.42. The molecule has 3 aromatic rings. The second-order valence-corrected chi connectivity index (χ2v) is 6.52. The van der Waals surface area contributed by atoms with Gasteiger partial charge in [0.05, 0.1) is 22.4 Å². The predicted molar refractivity (Wildman–Crippen MR) is 120 cm³/mol. The number of nitrogens with zero attached hydrogens (tertiary/aromatic N) is 2. The first-order valence-electron chi connectivity index (χ1n) is 9.42. The first-order valence-corrected chi connectivity index (χ1v) is 9.42. The number of hydrogen-bond donors (Lipinski definition) is 4. The van der Waals surface area contributed by atoms with Gasteiger partial charge in [-0.05, 0) is 30.3 Å². The van der Waals surface area contributed by atoms with Crippen molar-refractivity contribution in [1.29, 1.82) is 0 Å². The van der Waals surface area contributed by atoms with E-state index in [4.69, 9.17) is 0 Å². The lowest BCUT2D eigenvalue weighted by atomic mass is 10.1. The fourth-order valence-electron chi connectivity index (χ4n) is 2.66. The van der Waals surface area contributed by atoms with Gasteiger partial charge in [-0.3, -0.25) is 24.5 Å².